The summed E-state index contributed by atoms with van der Waals surface area (Å²) < 4.78 is 0. The molecule has 1 fully saturated rings. The molecule has 1 amide bonds. The number of likely N-dealkylation sites (tertiary alicyclic amines) is 1. The third-order valence-corrected chi connectivity index (χ3v) is 5.33. The number of piperidine rings is 1. The van der Waals surface area contributed by atoms with Gasteiger partial charge in [0.2, 0.25) is 5.91 Å². The first-order valence-corrected chi connectivity index (χ1v) is 10.4. The third-order valence-electron chi connectivity index (χ3n) is 5.33. The van der Waals surface area contributed by atoms with Crippen LogP contribution in [-0.2, 0) is 11.3 Å². The van der Waals surface area contributed by atoms with Crippen LogP contribution in [0, 0.1) is 17.2 Å². The second-order valence-corrected chi connectivity index (χ2v) is 7.26. The molecule has 28 heavy (non-hydrogen) atoms. The van der Waals surface area contributed by atoms with Crippen molar-refractivity contribution in [1.29, 1.82) is 5.26 Å². The molecule has 2 N–H and O–H groups in total. The Morgan fingerprint density at radius 2 is 1.86 bits per heavy atom. The molecule has 1 heterocycles. The average Bonchev–Trinajstić information content (AvgIpc) is 2.74. The summed E-state index contributed by atoms with van der Waals surface area (Å²) in [5.41, 5.74) is 1.73. The smallest absolute Gasteiger partial charge is 0.225 e. The van der Waals surface area contributed by atoms with Crippen molar-refractivity contribution in [3.05, 3.63) is 35.4 Å². The van der Waals surface area contributed by atoms with Crippen molar-refractivity contribution in [1.82, 2.24) is 15.5 Å². The zero-order valence-corrected chi connectivity index (χ0v) is 17.4. The lowest BCUT2D eigenvalue weighted by Gasteiger charge is -2.34. The SMILES string of the molecule is CCNC(=NCc1ccc(C#N)cc1)NC1CCN(C(=O)C(CC)CC)CC1. The molecule has 152 valence electrons. The fourth-order valence-electron chi connectivity index (χ4n) is 3.51. The highest BCUT2D eigenvalue weighted by atomic mass is 16.2. The summed E-state index contributed by atoms with van der Waals surface area (Å²) in [5.74, 6) is 1.28. The first-order valence-electron chi connectivity index (χ1n) is 10.4. The molecule has 0 unspecified atom stereocenters. The molecule has 0 spiro atoms. The summed E-state index contributed by atoms with van der Waals surface area (Å²) in [6, 6.07) is 9.97. The molecule has 0 saturated carbocycles. The van der Waals surface area contributed by atoms with E-state index in [1.165, 1.54) is 0 Å². The summed E-state index contributed by atoms with van der Waals surface area (Å²) in [4.78, 5) is 19.2. The number of rotatable bonds is 7. The van der Waals surface area contributed by atoms with E-state index >= 15 is 0 Å². The van der Waals surface area contributed by atoms with Crippen LogP contribution in [-0.4, -0.2) is 42.4 Å². The normalized spacial score (nSPS) is 15.4. The largest absolute Gasteiger partial charge is 0.357 e. The maximum Gasteiger partial charge on any atom is 0.225 e. The molecule has 0 radical (unpaired) electrons. The number of amides is 1. The molecule has 1 aliphatic heterocycles. The van der Waals surface area contributed by atoms with Gasteiger partial charge in [-0.1, -0.05) is 26.0 Å². The fraction of sp³-hybridized carbons (Fsp3) is 0.591. The van der Waals surface area contributed by atoms with Gasteiger partial charge in [0.25, 0.3) is 0 Å². The maximum atomic E-state index is 12.5. The van der Waals surface area contributed by atoms with E-state index in [9.17, 15) is 4.79 Å². The summed E-state index contributed by atoms with van der Waals surface area (Å²) >= 11 is 0. The molecule has 0 bridgehead atoms. The molecule has 0 aromatic heterocycles. The molecular formula is C22H33N5O. The molecule has 6 nitrogen and oxygen atoms in total. The Hall–Kier alpha value is -2.55. The van der Waals surface area contributed by atoms with Crippen molar-refractivity contribution in [2.24, 2.45) is 10.9 Å². The van der Waals surface area contributed by atoms with E-state index in [1.54, 1.807) is 0 Å². The van der Waals surface area contributed by atoms with Crippen LogP contribution in [0.5, 0.6) is 0 Å². The molecule has 1 aromatic rings. The van der Waals surface area contributed by atoms with Crippen molar-refractivity contribution in [2.75, 3.05) is 19.6 Å². The molecule has 0 aliphatic carbocycles. The van der Waals surface area contributed by atoms with Gasteiger partial charge in [-0.25, -0.2) is 4.99 Å². The molecule has 1 aromatic carbocycles. The van der Waals surface area contributed by atoms with Gasteiger partial charge in [-0.05, 0) is 50.3 Å². The number of nitrogens with one attached hydrogen (secondary N) is 2. The van der Waals surface area contributed by atoms with Crippen molar-refractivity contribution in [2.45, 2.75) is 59.0 Å². The highest BCUT2D eigenvalue weighted by Gasteiger charge is 2.26. The summed E-state index contributed by atoms with van der Waals surface area (Å²) in [7, 11) is 0. The van der Waals surface area contributed by atoms with Crippen LogP contribution in [0.25, 0.3) is 0 Å². The minimum absolute atomic E-state index is 0.163. The van der Waals surface area contributed by atoms with Crippen molar-refractivity contribution >= 4 is 11.9 Å². The van der Waals surface area contributed by atoms with Gasteiger partial charge in [0.15, 0.2) is 5.96 Å². The molecule has 0 atom stereocenters. The van der Waals surface area contributed by atoms with Gasteiger partial charge >= 0.3 is 0 Å². The lowest BCUT2D eigenvalue weighted by atomic mass is 9.98. The molecule has 6 heteroatoms. The quantitative estimate of drug-likeness (QED) is 0.560. The van der Waals surface area contributed by atoms with E-state index in [-0.39, 0.29) is 5.92 Å². The number of nitrogens with zero attached hydrogens (tertiary/aromatic N) is 3. The van der Waals surface area contributed by atoms with Crippen LogP contribution < -0.4 is 10.6 Å². The monoisotopic (exact) mass is 383 g/mol. The number of carbonyl (C=O) groups excluding carboxylic acids is 1. The Balaban J connectivity index is 1.88. The lowest BCUT2D eigenvalue weighted by Crippen LogP contribution is -2.50. The molecular weight excluding hydrogens is 350 g/mol. The fourth-order valence-corrected chi connectivity index (χ4v) is 3.51. The number of guanidine groups is 1. The molecule has 2 rings (SSSR count). The Bertz CT molecular complexity index is 680. The van der Waals surface area contributed by atoms with Crippen LogP contribution in [0.15, 0.2) is 29.3 Å². The van der Waals surface area contributed by atoms with Crippen molar-refractivity contribution in [3.63, 3.8) is 0 Å². The summed E-state index contributed by atoms with van der Waals surface area (Å²) in [6.45, 7) is 9.21. The number of aliphatic imine (C=N–C) groups is 1. The van der Waals surface area contributed by atoms with Crippen LogP contribution in [0.4, 0.5) is 0 Å². The van der Waals surface area contributed by atoms with Gasteiger partial charge < -0.3 is 15.5 Å². The number of nitriles is 1. The van der Waals surface area contributed by atoms with E-state index in [4.69, 9.17) is 5.26 Å². The van der Waals surface area contributed by atoms with Crippen LogP contribution in [0.3, 0.4) is 0 Å². The van der Waals surface area contributed by atoms with Gasteiger partial charge in [0.1, 0.15) is 0 Å². The minimum Gasteiger partial charge on any atom is -0.357 e. The summed E-state index contributed by atoms with van der Waals surface area (Å²) in [5, 5.41) is 15.7. The second kappa shape index (κ2) is 11.3. The van der Waals surface area contributed by atoms with E-state index < -0.39 is 0 Å². The maximum absolute atomic E-state index is 12.5. The van der Waals surface area contributed by atoms with Gasteiger partial charge in [-0.15, -0.1) is 0 Å². The van der Waals surface area contributed by atoms with Crippen LogP contribution in [0.2, 0.25) is 0 Å². The first-order chi connectivity index (χ1) is 13.6. The van der Waals surface area contributed by atoms with Crippen LogP contribution in [0.1, 0.15) is 57.6 Å². The van der Waals surface area contributed by atoms with Crippen LogP contribution >= 0.6 is 0 Å². The van der Waals surface area contributed by atoms with Gasteiger partial charge in [0.05, 0.1) is 18.2 Å². The van der Waals surface area contributed by atoms with Crippen molar-refractivity contribution < 1.29 is 4.79 Å². The van der Waals surface area contributed by atoms with Gasteiger partial charge in [-0.2, -0.15) is 5.26 Å². The summed E-state index contributed by atoms with van der Waals surface area (Å²) in [6.07, 6.45) is 3.71. The topological polar surface area (TPSA) is 80.5 Å². The predicted octanol–water partition coefficient (Wildman–Crippen LogP) is 3.04. The van der Waals surface area contributed by atoms with E-state index in [0.29, 0.717) is 24.1 Å². The average molecular weight is 384 g/mol. The Kier molecular flexibility index (Phi) is 8.80. The van der Waals surface area contributed by atoms with Gasteiger partial charge in [0, 0.05) is 31.6 Å². The van der Waals surface area contributed by atoms with E-state index in [1.807, 2.05) is 29.2 Å². The zero-order chi connectivity index (χ0) is 20.4. The number of benzene rings is 1. The Morgan fingerprint density at radius 3 is 2.39 bits per heavy atom. The Morgan fingerprint density at radius 1 is 1.21 bits per heavy atom. The second-order valence-electron chi connectivity index (χ2n) is 7.26. The predicted molar refractivity (Wildman–Crippen MR) is 113 cm³/mol. The number of carbonyl (C=O) groups is 1. The highest BCUT2D eigenvalue weighted by Crippen LogP contribution is 2.17. The first kappa shape index (κ1) is 21.7. The minimum atomic E-state index is 0.163. The van der Waals surface area contributed by atoms with E-state index in [2.05, 4.69) is 42.5 Å². The Labute approximate surface area is 169 Å². The molecule has 1 aliphatic rings. The van der Waals surface area contributed by atoms with Gasteiger partial charge in [-0.3, -0.25) is 4.79 Å². The molecule has 1 saturated heterocycles. The van der Waals surface area contributed by atoms with E-state index in [0.717, 1.165) is 56.8 Å². The highest BCUT2D eigenvalue weighted by molar-refractivity contribution is 5.80. The standard InChI is InChI=1S/C22H33N5O/c1-4-19(5-2)21(28)27-13-11-20(12-14-27)26-22(24-6-3)25-16-18-9-7-17(15-23)8-10-18/h7-10,19-20H,4-6,11-14,16H2,1-3H3,(H2,24,25,26). The number of hydrogen-bond donors (Lipinski definition) is 2. The van der Waals surface area contributed by atoms with Crippen molar-refractivity contribution in [3.8, 4) is 6.07 Å². The third kappa shape index (κ3) is 6.26. The zero-order valence-electron chi connectivity index (χ0n) is 17.4. The number of hydrogen-bond acceptors (Lipinski definition) is 3. The lowest BCUT2D eigenvalue weighted by molar-refractivity contribution is -0.136.